The molecule has 2 heterocycles. The third-order valence-corrected chi connectivity index (χ3v) is 3.34. The molecule has 0 aliphatic rings. The molecule has 0 unspecified atom stereocenters. The molecular weight excluding hydrogens is 270 g/mol. The van der Waals surface area contributed by atoms with Crippen molar-refractivity contribution < 1.29 is 0 Å². The van der Waals surface area contributed by atoms with Crippen molar-refractivity contribution in [3.63, 3.8) is 0 Å². The van der Waals surface area contributed by atoms with Gasteiger partial charge in [0, 0.05) is 11.9 Å². The number of halogens is 1. The molecule has 0 bridgehead atoms. The van der Waals surface area contributed by atoms with Crippen molar-refractivity contribution in [2.45, 2.75) is 19.8 Å². The number of rotatable bonds is 5. The summed E-state index contributed by atoms with van der Waals surface area (Å²) in [6.45, 7) is 2.62. The van der Waals surface area contributed by atoms with E-state index in [2.05, 4.69) is 20.3 Å². The van der Waals surface area contributed by atoms with E-state index in [1.807, 2.05) is 12.3 Å². The molecule has 0 spiro atoms. The van der Waals surface area contributed by atoms with E-state index in [1.165, 1.54) is 11.3 Å². The van der Waals surface area contributed by atoms with Crippen molar-refractivity contribution in [2.75, 3.05) is 17.6 Å². The standard InChI is InChI=1S/C11H14ClN5S/c1-7-15-5-9(12)10(16-7)14-4-2-3-8-6-18-11(13)17-8/h5-6H,2-4H2,1H3,(H2,13,17)(H,14,15,16). The molecule has 96 valence electrons. The van der Waals surface area contributed by atoms with Crippen molar-refractivity contribution in [1.29, 1.82) is 0 Å². The Labute approximate surface area is 114 Å². The first-order valence-electron chi connectivity index (χ1n) is 5.58. The van der Waals surface area contributed by atoms with Crippen LogP contribution in [0.4, 0.5) is 10.9 Å². The minimum Gasteiger partial charge on any atom is -0.375 e. The number of aryl methyl sites for hydroxylation is 2. The van der Waals surface area contributed by atoms with E-state index >= 15 is 0 Å². The first kappa shape index (κ1) is 13.0. The second-order valence-corrected chi connectivity index (χ2v) is 5.12. The topological polar surface area (TPSA) is 76.7 Å². The van der Waals surface area contributed by atoms with E-state index in [0.717, 1.165) is 25.1 Å². The summed E-state index contributed by atoms with van der Waals surface area (Å²) in [4.78, 5) is 12.4. The molecule has 18 heavy (non-hydrogen) atoms. The summed E-state index contributed by atoms with van der Waals surface area (Å²) in [6, 6.07) is 0. The molecule has 0 aliphatic heterocycles. The molecule has 2 rings (SSSR count). The van der Waals surface area contributed by atoms with Crippen molar-refractivity contribution >= 4 is 33.9 Å². The van der Waals surface area contributed by atoms with Gasteiger partial charge in [-0.25, -0.2) is 15.0 Å². The summed E-state index contributed by atoms with van der Waals surface area (Å²) in [5, 5.41) is 6.33. The van der Waals surface area contributed by atoms with Crippen LogP contribution in [-0.2, 0) is 6.42 Å². The second kappa shape index (κ2) is 5.97. The predicted molar refractivity (Wildman–Crippen MR) is 75.1 cm³/mol. The summed E-state index contributed by atoms with van der Waals surface area (Å²) < 4.78 is 0. The number of thiazole rings is 1. The van der Waals surface area contributed by atoms with E-state index in [4.69, 9.17) is 17.3 Å². The quantitative estimate of drug-likeness (QED) is 0.825. The minimum absolute atomic E-state index is 0.540. The Kier molecular flexibility index (Phi) is 4.33. The van der Waals surface area contributed by atoms with Crippen LogP contribution in [0.25, 0.3) is 0 Å². The van der Waals surface area contributed by atoms with Crippen molar-refractivity contribution in [2.24, 2.45) is 0 Å². The van der Waals surface area contributed by atoms with Crippen LogP contribution < -0.4 is 11.1 Å². The van der Waals surface area contributed by atoms with Crippen molar-refractivity contribution in [1.82, 2.24) is 15.0 Å². The van der Waals surface area contributed by atoms with E-state index in [-0.39, 0.29) is 0 Å². The third-order valence-electron chi connectivity index (χ3n) is 2.34. The maximum Gasteiger partial charge on any atom is 0.180 e. The summed E-state index contributed by atoms with van der Waals surface area (Å²) >= 11 is 7.45. The highest BCUT2D eigenvalue weighted by Crippen LogP contribution is 2.17. The monoisotopic (exact) mass is 283 g/mol. The molecule has 0 saturated carbocycles. The number of aromatic nitrogens is 3. The predicted octanol–water partition coefficient (Wildman–Crippen LogP) is 2.52. The highest BCUT2D eigenvalue weighted by Gasteiger charge is 2.03. The lowest BCUT2D eigenvalue weighted by Gasteiger charge is -2.06. The van der Waals surface area contributed by atoms with Gasteiger partial charge in [-0.15, -0.1) is 11.3 Å². The number of nitrogens with zero attached hydrogens (tertiary/aromatic N) is 3. The highest BCUT2D eigenvalue weighted by molar-refractivity contribution is 7.13. The van der Waals surface area contributed by atoms with Crippen LogP contribution in [0, 0.1) is 6.92 Å². The normalized spacial score (nSPS) is 10.6. The lowest BCUT2D eigenvalue weighted by molar-refractivity contribution is 0.838. The maximum atomic E-state index is 5.98. The Morgan fingerprint density at radius 2 is 2.28 bits per heavy atom. The van der Waals surface area contributed by atoms with Gasteiger partial charge in [0.25, 0.3) is 0 Å². The summed E-state index contributed by atoms with van der Waals surface area (Å²) in [6.07, 6.45) is 3.44. The molecule has 3 N–H and O–H groups in total. The molecule has 0 amide bonds. The molecule has 0 aromatic carbocycles. The summed E-state index contributed by atoms with van der Waals surface area (Å²) in [7, 11) is 0. The fourth-order valence-electron chi connectivity index (χ4n) is 1.49. The zero-order valence-corrected chi connectivity index (χ0v) is 11.6. The maximum absolute atomic E-state index is 5.98. The number of hydrogen-bond acceptors (Lipinski definition) is 6. The summed E-state index contributed by atoms with van der Waals surface area (Å²) in [5.41, 5.74) is 6.60. The molecule has 7 heteroatoms. The average Bonchev–Trinajstić information content (AvgIpc) is 2.75. The first-order valence-corrected chi connectivity index (χ1v) is 6.84. The van der Waals surface area contributed by atoms with Gasteiger partial charge in [0.2, 0.25) is 0 Å². The molecule has 2 aromatic rings. The fourth-order valence-corrected chi connectivity index (χ4v) is 2.25. The van der Waals surface area contributed by atoms with Gasteiger partial charge >= 0.3 is 0 Å². The number of hydrogen-bond donors (Lipinski definition) is 2. The number of anilines is 2. The fraction of sp³-hybridized carbons (Fsp3) is 0.364. The smallest absolute Gasteiger partial charge is 0.180 e. The molecule has 2 aromatic heterocycles. The van der Waals surface area contributed by atoms with Crippen LogP contribution >= 0.6 is 22.9 Å². The van der Waals surface area contributed by atoms with Gasteiger partial charge < -0.3 is 11.1 Å². The van der Waals surface area contributed by atoms with Gasteiger partial charge in [-0.2, -0.15) is 0 Å². The van der Waals surface area contributed by atoms with Gasteiger partial charge in [-0.05, 0) is 19.8 Å². The van der Waals surface area contributed by atoms with E-state index in [1.54, 1.807) is 6.20 Å². The zero-order valence-electron chi connectivity index (χ0n) is 9.98. The Morgan fingerprint density at radius 3 is 3.00 bits per heavy atom. The minimum atomic E-state index is 0.540. The SMILES string of the molecule is Cc1ncc(Cl)c(NCCCc2csc(N)n2)n1. The van der Waals surface area contributed by atoms with Crippen LogP contribution in [0.1, 0.15) is 17.9 Å². The van der Waals surface area contributed by atoms with E-state index < -0.39 is 0 Å². The molecule has 0 saturated heterocycles. The molecule has 0 fully saturated rings. The van der Waals surface area contributed by atoms with Crippen LogP contribution in [0.15, 0.2) is 11.6 Å². The van der Waals surface area contributed by atoms with Crippen molar-refractivity contribution in [3.8, 4) is 0 Å². The Bertz CT molecular complexity index is 528. The summed E-state index contributed by atoms with van der Waals surface area (Å²) in [5.74, 6) is 1.39. The Hall–Kier alpha value is -1.40. The van der Waals surface area contributed by atoms with E-state index in [0.29, 0.717) is 21.8 Å². The van der Waals surface area contributed by atoms with Crippen LogP contribution in [0.5, 0.6) is 0 Å². The van der Waals surface area contributed by atoms with Gasteiger partial charge in [-0.1, -0.05) is 11.6 Å². The highest BCUT2D eigenvalue weighted by atomic mass is 35.5. The number of nitrogen functional groups attached to an aromatic ring is 1. The molecular formula is C11H14ClN5S. The van der Waals surface area contributed by atoms with Crippen LogP contribution in [-0.4, -0.2) is 21.5 Å². The van der Waals surface area contributed by atoms with Crippen molar-refractivity contribution in [3.05, 3.63) is 28.1 Å². The molecule has 0 atom stereocenters. The van der Waals surface area contributed by atoms with E-state index in [9.17, 15) is 0 Å². The zero-order chi connectivity index (χ0) is 13.0. The van der Waals surface area contributed by atoms with Gasteiger partial charge in [-0.3, -0.25) is 0 Å². The first-order chi connectivity index (χ1) is 8.65. The van der Waals surface area contributed by atoms with Crippen LogP contribution in [0.3, 0.4) is 0 Å². The molecule has 0 aliphatic carbocycles. The number of nitrogens with one attached hydrogen (secondary N) is 1. The number of nitrogens with two attached hydrogens (primary N) is 1. The van der Waals surface area contributed by atoms with Gasteiger partial charge in [0.05, 0.1) is 11.9 Å². The Morgan fingerprint density at radius 1 is 1.44 bits per heavy atom. The third kappa shape index (κ3) is 3.54. The second-order valence-electron chi connectivity index (χ2n) is 3.82. The van der Waals surface area contributed by atoms with Gasteiger partial charge in [0.1, 0.15) is 16.7 Å². The largest absolute Gasteiger partial charge is 0.375 e. The average molecular weight is 284 g/mol. The van der Waals surface area contributed by atoms with Crippen LogP contribution in [0.2, 0.25) is 5.02 Å². The van der Waals surface area contributed by atoms with Gasteiger partial charge in [0.15, 0.2) is 5.13 Å². The Balaban J connectivity index is 1.80. The molecule has 5 nitrogen and oxygen atoms in total. The lowest BCUT2D eigenvalue weighted by Crippen LogP contribution is -2.06. The lowest BCUT2D eigenvalue weighted by atomic mass is 10.2. The molecule has 0 radical (unpaired) electrons.